The predicted octanol–water partition coefficient (Wildman–Crippen LogP) is 3.67. The Hall–Kier alpha value is -0.860. The van der Waals surface area contributed by atoms with Crippen molar-refractivity contribution in [1.82, 2.24) is 0 Å². The van der Waals surface area contributed by atoms with Crippen molar-refractivity contribution < 1.29 is 4.74 Å². The van der Waals surface area contributed by atoms with Crippen LogP contribution in [0.4, 0.5) is 0 Å². The van der Waals surface area contributed by atoms with E-state index in [0.29, 0.717) is 6.10 Å². The van der Waals surface area contributed by atoms with E-state index in [1.165, 1.54) is 11.1 Å². The maximum absolute atomic E-state index is 6.18. The number of hydrogen-bond acceptors (Lipinski definition) is 2. The van der Waals surface area contributed by atoms with Gasteiger partial charge in [0.15, 0.2) is 0 Å². The topological polar surface area (TPSA) is 35.2 Å². The fourth-order valence-corrected chi connectivity index (χ4v) is 2.11. The van der Waals surface area contributed by atoms with E-state index in [9.17, 15) is 0 Å². The van der Waals surface area contributed by atoms with E-state index in [0.717, 1.165) is 19.3 Å². The molecular formula is C17H29NO. The molecule has 0 aliphatic rings. The van der Waals surface area contributed by atoms with Crippen molar-refractivity contribution in [3.8, 4) is 0 Å². The lowest BCUT2D eigenvalue weighted by Crippen LogP contribution is -2.24. The maximum atomic E-state index is 6.18. The first-order valence-electron chi connectivity index (χ1n) is 7.20. The first kappa shape index (κ1) is 16.2. The first-order chi connectivity index (χ1) is 8.82. The van der Waals surface area contributed by atoms with Crippen LogP contribution in [0.5, 0.6) is 0 Å². The molecule has 0 spiro atoms. The molecule has 2 nitrogen and oxygen atoms in total. The van der Waals surface area contributed by atoms with E-state index in [1.807, 2.05) is 0 Å². The molecule has 0 saturated carbocycles. The number of nitrogens with two attached hydrogens (primary N) is 1. The summed E-state index contributed by atoms with van der Waals surface area (Å²) < 4.78 is 5.25. The van der Waals surface area contributed by atoms with E-state index >= 15 is 0 Å². The van der Waals surface area contributed by atoms with Crippen molar-refractivity contribution in [2.24, 2.45) is 5.73 Å². The molecule has 1 aromatic carbocycles. The average molecular weight is 263 g/mol. The van der Waals surface area contributed by atoms with Crippen LogP contribution in [0.1, 0.15) is 51.7 Å². The first-order valence-corrected chi connectivity index (χ1v) is 7.20. The summed E-state index contributed by atoms with van der Waals surface area (Å²) in [5, 5.41) is 0. The molecule has 0 saturated heterocycles. The van der Waals surface area contributed by atoms with E-state index in [1.54, 1.807) is 7.11 Å². The van der Waals surface area contributed by atoms with Gasteiger partial charge < -0.3 is 10.5 Å². The van der Waals surface area contributed by atoms with Gasteiger partial charge in [-0.3, -0.25) is 0 Å². The van der Waals surface area contributed by atoms with E-state index in [4.69, 9.17) is 10.5 Å². The highest BCUT2D eigenvalue weighted by molar-refractivity contribution is 5.27. The lowest BCUT2D eigenvalue weighted by Gasteiger charge is -2.20. The molecule has 19 heavy (non-hydrogen) atoms. The van der Waals surface area contributed by atoms with E-state index < -0.39 is 0 Å². The molecule has 0 aliphatic heterocycles. The Bertz CT molecular complexity index is 364. The minimum atomic E-state index is 0.217. The fourth-order valence-electron chi connectivity index (χ4n) is 2.11. The Morgan fingerprint density at radius 3 is 2.16 bits per heavy atom. The van der Waals surface area contributed by atoms with Crippen molar-refractivity contribution in [2.45, 2.75) is 64.5 Å². The largest absolute Gasteiger partial charge is 0.382 e. The third kappa shape index (κ3) is 5.75. The van der Waals surface area contributed by atoms with Gasteiger partial charge in [-0.05, 0) is 42.7 Å². The molecule has 108 valence electrons. The van der Waals surface area contributed by atoms with Crippen molar-refractivity contribution >= 4 is 0 Å². The fraction of sp³-hybridized carbons (Fsp3) is 0.647. The number of benzene rings is 1. The minimum absolute atomic E-state index is 0.217. The zero-order chi connectivity index (χ0) is 14.5. The Labute approximate surface area is 118 Å². The van der Waals surface area contributed by atoms with Crippen LogP contribution >= 0.6 is 0 Å². The van der Waals surface area contributed by atoms with Gasteiger partial charge in [0.1, 0.15) is 0 Å². The smallest absolute Gasteiger partial charge is 0.0543 e. The molecule has 2 heteroatoms. The summed E-state index contributed by atoms with van der Waals surface area (Å²) in [6.07, 6.45) is 3.28. The van der Waals surface area contributed by atoms with Crippen LogP contribution in [0, 0.1) is 0 Å². The zero-order valence-corrected chi connectivity index (χ0v) is 13.1. The highest BCUT2D eigenvalue weighted by Crippen LogP contribution is 2.22. The van der Waals surface area contributed by atoms with Crippen LogP contribution in [0.3, 0.4) is 0 Å². The lowest BCUT2D eigenvalue weighted by molar-refractivity contribution is 0.107. The second-order valence-corrected chi connectivity index (χ2v) is 6.53. The number of rotatable bonds is 6. The van der Waals surface area contributed by atoms with Gasteiger partial charge in [-0.1, -0.05) is 45.0 Å². The van der Waals surface area contributed by atoms with Gasteiger partial charge in [0, 0.05) is 13.2 Å². The predicted molar refractivity (Wildman–Crippen MR) is 82.5 cm³/mol. The molecule has 0 heterocycles. The second-order valence-electron chi connectivity index (χ2n) is 6.53. The monoisotopic (exact) mass is 263 g/mol. The summed E-state index contributed by atoms with van der Waals surface area (Å²) in [6.45, 7) is 8.80. The molecule has 2 N–H and O–H groups in total. The van der Waals surface area contributed by atoms with Crippen LogP contribution in [0.2, 0.25) is 0 Å². The zero-order valence-electron chi connectivity index (χ0n) is 13.1. The number of methoxy groups -OCH3 is 1. The highest BCUT2D eigenvalue weighted by Gasteiger charge is 2.13. The van der Waals surface area contributed by atoms with Crippen molar-refractivity contribution in [1.29, 1.82) is 0 Å². The van der Waals surface area contributed by atoms with Crippen molar-refractivity contribution in [3.63, 3.8) is 0 Å². The van der Waals surface area contributed by atoms with Gasteiger partial charge in [-0.2, -0.15) is 0 Å². The van der Waals surface area contributed by atoms with Crippen LogP contribution in [0.15, 0.2) is 24.3 Å². The Morgan fingerprint density at radius 1 is 1.11 bits per heavy atom. The van der Waals surface area contributed by atoms with Gasteiger partial charge >= 0.3 is 0 Å². The lowest BCUT2D eigenvalue weighted by atomic mass is 9.86. The standard InChI is InChI=1S/C17H29NO/c1-13(19-5)6-11-16(18)12-14-7-9-15(10-8-14)17(2,3)4/h7-10,13,16H,6,11-12,18H2,1-5H3. The summed E-state index contributed by atoms with van der Waals surface area (Å²) in [7, 11) is 1.75. The van der Waals surface area contributed by atoms with Crippen LogP contribution in [-0.2, 0) is 16.6 Å². The Balaban J connectivity index is 2.49. The Morgan fingerprint density at radius 2 is 1.68 bits per heavy atom. The molecule has 2 atom stereocenters. The molecule has 0 bridgehead atoms. The van der Waals surface area contributed by atoms with Crippen molar-refractivity contribution in [3.05, 3.63) is 35.4 Å². The SMILES string of the molecule is COC(C)CCC(N)Cc1ccc(C(C)(C)C)cc1. The summed E-state index contributed by atoms with van der Waals surface area (Å²) in [4.78, 5) is 0. The van der Waals surface area contributed by atoms with E-state index in [2.05, 4.69) is 52.0 Å². The third-order valence-electron chi connectivity index (χ3n) is 3.66. The Kier molecular flexibility index (Phi) is 6.02. The quantitative estimate of drug-likeness (QED) is 0.850. The summed E-state index contributed by atoms with van der Waals surface area (Å²) in [5.41, 5.74) is 9.09. The summed E-state index contributed by atoms with van der Waals surface area (Å²) in [5.74, 6) is 0. The van der Waals surface area contributed by atoms with Gasteiger partial charge in [-0.25, -0.2) is 0 Å². The highest BCUT2D eigenvalue weighted by atomic mass is 16.5. The summed E-state index contributed by atoms with van der Waals surface area (Å²) in [6, 6.07) is 9.08. The molecule has 0 aromatic heterocycles. The molecule has 1 rings (SSSR count). The van der Waals surface area contributed by atoms with Crippen LogP contribution < -0.4 is 5.73 Å². The number of ether oxygens (including phenoxy) is 1. The van der Waals surface area contributed by atoms with E-state index in [-0.39, 0.29) is 11.5 Å². The van der Waals surface area contributed by atoms with Gasteiger partial charge in [-0.15, -0.1) is 0 Å². The molecule has 0 fully saturated rings. The second kappa shape index (κ2) is 7.06. The molecule has 0 aliphatic carbocycles. The van der Waals surface area contributed by atoms with Gasteiger partial charge in [0.05, 0.1) is 6.10 Å². The molecule has 2 unspecified atom stereocenters. The number of hydrogen-bond donors (Lipinski definition) is 1. The van der Waals surface area contributed by atoms with Crippen LogP contribution in [0.25, 0.3) is 0 Å². The molecule has 1 aromatic rings. The van der Waals surface area contributed by atoms with Gasteiger partial charge in [0.2, 0.25) is 0 Å². The van der Waals surface area contributed by atoms with Crippen molar-refractivity contribution in [2.75, 3.05) is 7.11 Å². The molecule has 0 radical (unpaired) electrons. The molecule has 0 amide bonds. The normalized spacial score (nSPS) is 15.3. The van der Waals surface area contributed by atoms with Gasteiger partial charge in [0.25, 0.3) is 0 Å². The van der Waals surface area contributed by atoms with Crippen LogP contribution in [-0.4, -0.2) is 19.3 Å². The molecular weight excluding hydrogens is 234 g/mol. The minimum Gasteiger partial charge on any atom is -0.382 e. The third-order valence-corrected chi connectivity index (χ3v) is 3.66. The maximum Gasteiger partial charge on any atom is 0.0543 e. The average Bonchev–Trinajstić information content (AvgIpc) is 2.35. The summed E-state index contributed by atoms with van der Waals surface area (Å²) >= 11 is 0.